The van der Waals surface area contributed by atoms with Crippen molar-refractivity contribution in [2.24, 2.45) is 0 Å². The molecular formula is C14H19F4N3O5S2. The molecule has 0 heterocycles. The number of alkyl halides is 4. The second-order valence-electron chi connectivity index (χ2n) is 5.50. The minimum absolute atomic E-state index is 0.300. The summed E-state index contributed by atoms with van der Waals surface area (Å²) in [6, 6.07) is -1.57. The van der Waals surface area contributed by atoms with Crippen molar-refractivity contribution in [3.63, 3.8) is 0 Å². The van der Waals surface area contributed by atoms with Crippen molar-refractivity contribution in [3.05, 3.63) is 24.3 Å². The van der Waals surface area contributed by atoms with Gasteiger partial charge in [-0.3, -0.25) is 4.79 Å². The number of amides is 1. The van der Waals surface area contributed by atoms with Crippen LogP contribution in [-0.2, 0) is 24.8 Å². The summed E-state index contributed by atoms with van der Waals surface area (Å²) >= 11 is 0. The van der Waals surface area contributed by atoms with Gasteiger partial charge in [0.15, 0.2) is 0 Å². The number of nitrogens with one attached hydrogen (secondary N) is 3. The highest BCUT2D eigenvalue weighted by atomic mass is 32.2. The zero-order valence-electron chi connectivity index (χ0n) is 14.6. The van der Waals surface area contributed by atoms with Gasteiger partial charge in [0.2, 0.25) is 26.0 Å². The summed E-state index contributed by atoms with van der Waals surface area (Å²) in [5.41, 5.74) is 0. The minimum Gasteiger partial charge on any atom is -0.355 e. The molecule has 0 aromatic heterocycles. The lowest BCUT2D eigenvalue weighted by Gasteiger charge is -2.18. The van der Waals surface area contributed by atoms with E-state index in [1.54, 1.807) is 0 Å². The average molecular weight is 449 g/mol. The van der Waals surface area contributed by atoms with E-state index in [1.165, 1.54) is 0 Å². The number of carbonyl (C=O) groups excluding carboxylic acids is 1. The van der Waals surface area contributed by atoms with Gasteiger partial charge in [0.1, 0.15) is 9.79 Å². The molecule has 0 atom stereocenters. The Hall–Kier alpha value is -1.77. The fourth-order valence-corrected chi connectivity index (χ4v) is 4.75. The summed E-state index contributed by atoms with van der Waals surface area (Å²) in [5, 5.41) is 2.42. The van der Waals surface area contributed by atoms with E-state index in [9.17, 15) is 39.2 Å². The van der Waals surface area contributed by atoms with Crippen LogP contribution in [0.15, 0.2) is 34.1 Å². The van der Waals surface area contributed by atoms with Crippen LogP contribution in [0.2, 0.25) is 0 Å². The molecule has 1 amide bonds. The monoisotopic (exact) mass is 449 g/mol. The molecule has 1 rings (SSSR count). The Labute approximate surface area is 159 Å². The molecule has 0 saturated heterocycles. The van der Waals surface area contributed by atoms with Crippen LogP contribution in [0, 0.1) is 0 Å². The lowest BCUT2D eigenvalue weighted by atomic mass is 10.3. The maximum Gasteiger partial charge on any atom is 0.375 e. The molecule has 1 aromatic rings. The van der Waals surface area contributed by atoms with Crippen LogP contribution in [-0.4, -0.2) is 48.3 Å². The Morgan fingerprint density at radius 2 is 1.61 bits per heavy atom. The molecular weight excluding hydrogens is 430 g/mol. The first-order valence-corrected chi connectivity index (χ1v) is 10.9. The predicted molar refractivity (Wildman–Crippen MR) is 90.8 cm³/mol. The molecule has 0 radical (unpaired) electrons. The van der Waals surface area contributed by atoms with Gasteiger partial charge in [-0.1, -0.05) is 25.5 Å². The zero-order valence-corrected chi connectivity index (χ0v) is 16.2. The Balaban J connectivity index is 3.09. The molecule has 8 nitrogen and oxygen atoms in total. The number of rotatable bonds is 11. The summed E-state index contributed by atoms with van der Waals surface area (Å²) in [5.74, 6) is -0.695. The second kappa shape index (κ2) is 9.62. The van der Waals surface area contributed by atoms with Gasteiger partial charge in [0.05, 0.1) is 6.54 Å². The van der Waals surface area contributed by atoms with Crippen LogP contribution in [0.3, 0.4) is 0 Å². The van der Waals surface area contributed by atoms with Crippen LogP contribution in [0.1, 0.15) is 19.8 Å². The van der Waals surface area contributed by atoms with Crippen molar-refractivity contribution < 1.29 is 39.2 Å². The van der Waals surface area contributed by atoms with Gasteiger partial charge >= 0.3 is 12.5 Å². The Bertz CT molecular complexity index is 892. The number of unbranched alkanes of at least 4 members (excludes halogenated alkanes) is 1. The maximum absolute atomic E-state index is 13.1. The second-order valence-corrected chi connectivity index (χ2v) is 8.89. The molecule has 0 saturated carbocycles. The lowest BCUT2D eigenvalue weighted by molar-refractivity contribution is -0.135. The highest BCUT2D eigenvalue weighted by Gasteiger charge is 2.45. The first-order chi connectivity index (χ1) is 12.8. The van der Waals surface area contributed by atoms with Crippen molar-refractivity contribution in [3.8, 4) is 0 Å². The van der Waals surface area contributed by atoms with Crippen LogP contribution in [0.4, 0.5) is 17.6 Å². The van der Waals surface area contributed by atoms with E-state index >= 15 is 0 Å². The molecule has 160 valence electrons. The number of hydrogen-bond donors (Lipinski definition) is 3. The highest BCUT2D eigenvalue weighted by Crippen LogP contribution is 2.26. The molecule has 14 heteroatoms. The standard InChI is InChI=1S/C14H19F4N3O5S2/c1-2-3-8-19-12(22)9-20-27(23,24)10-6-4-5-7-11(10)28(25,26)21-14(17,18)13(15)16/h4-7,13,20-21H,2-3,8-9H2,1H3,(H,19,22). The fourth-order valence-electron chi connectivity index (χ4n) is 1.88. The van der Waals surface area contributed by atoms with E-state index in [4.69, 9.17) is 0 Å². The van der Waals surface area contributed by atoms with Crippen LogP contribution in [0.25, 0.3) is 0 Å². The first-order valence-electron chi connectivity index (χ1n) is 7.89. The summed E-state index contributed by atoms with van der Waals surface area (Å²) in [4.78, 5) is 9.44. The first kappa shape index (κ1) is 24.3. The number of carbonyl (C=O) groups is 1. The van der Waals surface area contributed by atoms with Crippen molar-refractivity contribution in [2.75, 3.05) is 13.1 Å². The number of hydrogen-bond acceptors (Lipinski definition) is 5. The number of sulfonamides is 2. The van der Waals surface area contributed by atoms with Crippen molar-refractivity contribution in [2.45, 2.75) is 42.0 Å². The Kier molecular flexibility index (Phi) is 8.34. The summed E-state index contributed by atoms with van der Waals surface area (Å²) in [6.45, 7) is 1.44. The van der Waals surface area contributed by atoms with Gasteiger partial charge in [-0.25, -0.2) is 30.3 Å². The Morgan fingerprint density at radius 3 is 2.11 bits per heavy atom. The van der Waals surface area contributed by atoms with Crippen molar-refractivity contribution in [1.82, 2.24) is 14.8 Å². The molecule has 0 spiro atoms. The van der Waals surface area contributed by atoms with E-state index in [1.807, 2.05) is 11.6 Å². The SMILES string of the molecule is CCCCNC(=O)CNS(=O)(=O)c1ccccc1S(=O)(=O)NC(F)(F)C(F)F. The maximum atomic E-state index is 13.1. The Morgan fingerprint density at radius 1 is 1.07 bits per heavy atom. The topological polar surface area (TPSA) is 121 Å². The van der Waals surface area contributed by atoms with Crippen LogP contribution in [0.5, 0.6) is 0 Å². The minimum atomic E-state index is -5.33. The summed E-state index contributed by atoms with van der Waals surface area (Å²) in [7, 11) is -9.97. The summed E-state index contributed by atoms with van der Waals surface area (Å²) in [6.07, 6.45) is -2.91. The predicted octanol–water partition coefficient (Wildman–Crippen LogP) is 1.02. The van der Waals surface area contributed by atoms with Crippen molar-refractivity contribution >= 4 is 26.0 Å². The summed E-state index contributed by atoms with van der Waals surface area (Å²) < 4.78 is 102. The lowest BCUT2D eigenvalue weighted by Crippen LogP contribution is -2.47. The van der Waals surface area contributed by atoms with Crippen LogP contribution >= 0.6 is 0 Å². The van der Waals surface area contributed by atoms with Gasteiger partial charge in [-0.05, 0) is 18.6 Å². The third kappa shape index (κ3) is 6.68. The van der Waals surface area contributed by atoms with E-state index in [0.717, 1.165) is 24.6 Å². The third-order valence-corrected chi connectivity index (χ3v) is 6.31. The molecule has 0 aliphatic rings. The number of halogens is 4. The molecule has 0 bridgehead atoms. The normalized spacial score (nSPS) is 12.9. The van der Waals surface area contributed by atoms with Gasteiger partial charge in [0.25, 0.3) is 0 Å². The van der Waals surface area contributed by atoms with Crippen molar-refractivity contribution in [1.29, 1.82) is 0 Å². The van der Waals surface area contributed by atoms with Gasteiger partial charge < -0.3 is 5.32 Å². The number of benzene rings is 1. The van der Waals surface area contributed by atoms with Gasteiger partial charge in [-0.2, -0.15) is 8.78 Å². The van der Waals surface area contributed by atoms with Gasteiger partial charge in [-0.15, -0.1) is 4.72 Å². The molecule has 3 N–H and O–H groups in total. The quantitative estimate of drug-likeness (QED) is 0.265. The van der Waals surface area contributed by atoms with Gasteiger partial charge in [0, 0.05) is 6.54 Å². The smallest absolute Gasteiger partial charge is 0.355 e. The third-order valence-electron chi connectivity index (χ3n) is 3.25. The molecule has 28 heavy (non-hydrogen) atoms. The molecule has 0 aliphatic carbocycles. The molecule has 0 fully saturated rings. The van der Waals surface area contributed by atoms with Crippen LogP contribution < -0.4 is 14.8 Å². The zero-order chi connectivity index (χ0) is 21.6. The average Bonchev–Trinajstić information content (AvgIpc) is 2.59. The van der Waals surface area contributed by atoms with E-state index in [2.05, 4.69) is 5.32 Å². The van der Waals surface area contributed by atoms with E-state index < -0.39 is 54.8 Å². The van der Waals surface area contributed by atoms with E-state index in [-0.39, 0.29) is 0 Å². The van der Waals surface area contributed by atoms with E-state index in [0.29, 0.717) is 23.8 Å². The fraction of sp³-hybridized carbons (Fsp3) is 0.500. The molecule has 0 aliphatic heterocycles. The highest BCUT2D eigenvalue weighted by molar-refractivity contribution is 7.92. The molecule has 1 aromatic carbocycles. The largest absolute Gasteiger partial charge is 0.375 e. The molecule has 0 unspecified atom stereocenters.